The zero-order chi connectivity index (χ0) is 23.8. The average molecular weight is 492 g/mol. The molecule has 0 unspecified atom stereocenters. The lowest BCUT2D eigenvalue weighted by Gasteiger charge is -2.18. The normalized spacial score (nSPS) is 19.6. The smallest absolute Gasteiger partial charge is 0.274 e. The van der Waals surface area contributed by atoms with Gasteiger partial charge in [0.1, 0.15) is 16.5 Å². The Balaban J connectivity index is 1.57. The molecule has 2 heterocycles. The molecule has 5 rings (SSSR count). The number of methoxy groups -OCH3 is 1. The summed E-state index contributed by atoms with van der Waals surface area (Å²) in [6, 6.07) is 21.6. The lowest BCUT2D eigenvalue weighted by Crippen LogP contribution is -2.29. The summed E-state index contributed by atoms with van der Waals surface area (Å²) < 4.78 is 19.0. The highest BCUT2D eigenvalue weighted by Crippen LogP contribution is 2.51. The Morgan fingerprint density at radius 3 is 2.44 bits per heavy atom. The number of hydrogen-bond acceptors (Lipinski definition) is 6. The van der Waals surface area contributed by atoms with Crippen molar-refractivity contribution < 1.29 is 13.9 Å². The van der Waals surface area contributed by atoms with Crippen molar-refractivity contribution in [2.75, 3.05) is 24.0 Å². The topological polar surface area (TPSA) is 45.1 Å². The molecule has 0 aliphatic carbocycles. The Hall–Kier alpha value is -3.23. The SMILES string of the molecule is COc1ccc2c(c1)N(C)/C(=C1/SC(=N[C@@H](C)c3ccccc3)N(c3ccc(F)cc3)C1=O)S2. The Bertz CT molecular complexity index is 1310. The maximum Gasteiger partial charge on any atom is 0.274 e. The summed E-state index contributed by atoms with van der Waals surface area (Å²) in [5.74, 6) is 0.229. The molecular weight excluding hydrogens is 469 g/mol. The van der Waals surface area contributed by atoms with Gasteiger partial charge in [-0.15, -0.1) is 0 Å². The fourth-order valence-corrected chi connectivity index (χ4v) is 6.22. The molecule has 8 heteroatoms. The van der Waals surface area contributed by atoms with Crippen molar-refractivity contribution in [3.05, 3.63) is 94.1 Å². The van der Waals surface area contributed by atoms with Gasteiger partial charge >= 0.3 is 0 Å². The number of anilines is 2. The van der Waals surface area contributed by atoms with Crippen LogP contribution in [-0.4, -0.2) is 25.2 Å². The maximum atomic E-state index is 13.7. The van der Waals surface area contributed by atoms with Crippen molar-refractivity contribution in [3.63, 3.8) is 0 Å². The Kier molecular flexibility index (Phi) is 6.10. The maximum absolute atomic E-state index is 13.7. The van der Waals surface area contributed by atoms with Crippen LogP contribution in [0.3, 0.4) is 0 Å². The van der Waals surface area contributed by atoms with E-state index in [1.54, 1.807) is 35.9 Å². The predicted molar refractivity (Wildman–Crippen MR) is 138 cm³/mol. The minimum Gasteiger partial charge on any atom is -0.497 e. The third-order valence-electron chi connectivity index (χ3n) is 5.69. The molecule has 0 spiro atoms. The van der Waals surface area contributed by atoms with Crippen LogP contribution in [0.1, 0.15) is 18.5 Å². The van der Waals surface area contributed by atoms with Gasteiger partial charge in [-0.05, 0) is 60.6 Å². The fourth-order valence-electron chi connectivity index (χ4n) is 3.83. The van der Waals surface area contributed by atoms with Crippen molar-refractivity contribution in [3.8, 4) is 5.75 Å². The van der Waals surface area contributed by atoms with Gasteiger partial charge < -0.3 is 9.64 Å². The number of fused-ring (bicyclic) bond motifs is 1. The van der Waals surface area contributed by atoms with Crippen molar-refractivity contribution in [1.29, 1.82) is 0 Å². The number of carbonyl (C=O) groups is 1. The fraction of sp³-hybridized carbons (Fsp3) is 0.154. The van der Waals surface area contributed by atoms with Gasteiger partial charge in [0, 0.05) is 18.0 Å². The van der Waals surface area contributed by atoms with E-state index in [1.165, 1.54) is 23.9 Å². The van der Waals surface area contributed by atoms with Gasteiger partial charge in [0.15, 0.2) is 5.17 Å². The van der Waals surface area contributed by atoms with Crippen molar-refractivity contribution >= 4 is 46.0 Å². The average Bonchev–Trinajstić information content (AvgIpc) is 3.35. The summed E-state index contributed by atoms with van der Waals surface area (Å²) in [4.78, 5) is 23.9. The van der Waals surface area contributed by atoms with E-state index in [0.717, 1.165) is 26.9 Å². The van der Waals surface area contributed by atoms with E-state index in [4.69, 9.17) is 9.73 Å². The van der Waals surface area contributed by atoms with E-state index in [0.29, 0.717) is 15.8 Å². The first-order valence-corrected chi connectivity index (χ1v) is 12.3. The van der Waals surface area contributed by atoms with Gasteiger partial charge in [-0.25, -0.2) is 4.39 Å². The van der Waals surface area contributed by atoms with Crippen molar-refractivity contribution in [2.24, 2.45) is 4.99 Å². The number of halogens is 1. The first-order chi connectivity index (χ1) is 16.5. The molecular formula is C26H22FN3O2S2. The van der Waals surface area contributed by atoms with E-state index < -0.39 is 0 Å². The summed E-state index contributed by atoms with van der Waals surface area (Å²) in [6.07, 6.45) is 0. The van der Waals surface area contributed by atoms with Gasteiger partial charge in [0.2, 0.25) is 0 Å². The standard InChI is InChI=1S/C26H22FN3O2S2/c1-16(17-7-5-4-6-8-17)28-26-30(19-11-9-18(27)10-12-19)24(31)23(34-26)25-29(2)21-15-20(32-3)13-14-22(21)33-25/h4-16H,1-3H3/b25-23-,28-26?/t16-/m0/s1. The molecule has 5 nitrogen and oxygen atoms in total. The van der Waals surface area contributed by atoms with E-state index in [2.05, 4.69) is 0 Å². The number of benzene rings is 3. The van der Waals surface area contributed by atoms with Crippen LogP contribution in [0.5, 0.6) is 5.75 Å². The number of hydrogen-bond donors (Lipinski definition) is 0. The number of amides is 1. The highest BCUT2D eigenvalue weighted by atomic mass is 32.2. The zero-order valence-corrected chi connectivity index (χ0v) is 20.5. The van der Waals surface area contributed by atoms with E-state index in [-0.39, 0.29) is 17.8 Å². The van der Waals surface area contributed by atoms with E-state index >= 15 is 0 Å². The van der Waals surface area contributed by atoms with Crippen molar-refractivity contribution in [1.82, 2.24) is 0 Å². The second-order valence-electron chi connectivity index (χ2n) is 7.85. The number of ether oxygens (including phenoxy) is 1. The Labute approximate surface area is 206 Å². The molecule has 0 saturated carbocycles. The number of amidine groups is 1. The number of carbonyl (C=O) groups excluding carboxylic acids is 1. The number of aliphatic imine (C=N–C) groups is 1. The highest BCUT2D eigenvalue weighted by molar-refractivity contribution is 8.20. The monoisotopic (exact) mass is 491 g/mol. The second kappa shape index (κ2) is 9.19. The highest BCUT2D eigenvalue weighted by Gasteiger charge is 2.40. The minimum atomic E-state index is -0.353. The zero-order valence-electron chi connectivity index (χ0n) is 18.9. The van der Waals surface area contributed by atoms with Gasteiger partial charge in [-0.2, -0.15) is 0 Å². The summed E-state index contributed by atoms with van der Waals surface area (Å²) in [5.41, 5.74) is 2.62. The largest absolute Gasteiger partial charge is 0.497 e. The molecule has 2 aliphatic rings. The molecule has 0 bridgehead atoms. The molecule has 172 valence electrons. The van der Waals surface area contributed by atoms with Gasteiger partial charge in [0.25, 0.3) is 5.91 Å². The molecule has 3 aromatic rings. The van der Waals surface area contributed by atoms with E-state index in [1.807, 2.05) is 67.4 Å². The summed E-state index contributed by atoms with van der Waals surface area (Å²) in [7, 11) is 3.58. The first-order valence-electron chi connectivity index (χ1n) is 10.7. The molecule has 0 N–H and O–H groups in total. The van der Waals surface area contributed by atoms with Crippen LogP contribution in [0.4, 0.5) is 15.8 Å². The molecule has 0 aromatic heterocycles. The molecule has 1 atom stereocenters. The summed E-state index contributed by atoms with van der Waals surface area (Å²) in [5, 5.41) is 1.40. The number of rotatable bonds is 4. The predicted octanol–water partition coefficient (Wildman–Crippen LogP) is 6.44. The lowest BCUT2D eigenvalue weighted by molar-refractivity contribution is -0.113. The number of nitrogens with zero attached hydrogens (tertiary/aromatic N) is 3. The van der Waals surface area contributed by atoms with Crippen LogP contribution in [0.25, 0.3) is 0 Å². The summed E-state index contributed by atoms with van der Waals surface area (Å²) in [6.45, 7) is 2.00. The second-order valence-corrected chi connectivity index (χ2v) is 9.85. The van der Waals surface area contributed by atoms with Crippen molar-refractivity contribution in [2.45, 2.75) is 17.9 Å². The molecule has 2 aliphatic heterocycles. The third-order valence-corrected chi connectivity index (χ3v) is 8.09. The molecule has 34 heavy (non-hydrogen) atoms. The van der Waals surface area contributed by atoms with E-state index in [9.17, 15) is 9.18 Å². The number of thioether (sulfide) groups is 2. The van der Waals surface area contributed by atoms with Gasteiger partial charge in [0.05, 0.1) is 29.6 Å². The molecule has 1 fully saturated rings. The van der Waals surface area contributed by atoms with Gasteiger partial charge in [-0.1, -0.05) is 42.1 Å². The van der Waals surface area contributed by atoms with Crippen LogP contribution in [0.15, 0.2) is 92.6 Å². The van der Waals surface area contributed by atoms with Crippen LogP contribution in [0.2, 0.25) is 0 Å². The first kappa shape index (κ1) is 22.6. The Morgan fingerprint density at radius 2 is 1.74 bits per heavy atom. The van der Waals surface area contributed by atoms with Crippen LogP contribution in [0, 0.1) is 5.82 Å². The molecule has 3 aromatic carbocycles. The Morgan fingerprint density at radius 1 is 1.00 bits per heavy atom. The van der Waals surface area contributed by atoms with Crippen LogP contribution < -0.4 is 14.5 Å². The van der Waals surface area contributed by atoms with Crippen LogP contribution >= 0.6 is 23.5 Å². The third kappa shape index (κ3) is 4.08. The molecule has 0 radical (unpaired) electrons. The molecule has 1 saturated heterocycles. The van der Waals surface area contributed by atoms with Crippen LogP contribution in [-0.2, 0) is 4.79 Å². The minimum absolute atomic E-state index is 0.154. The summed E-state index contributed by atoms with van der Waals surface area (Å²) >= 11 is 2.90. The van der Waals surface area contributed by atoms with Gasteiger partial charge in [-0.3, -0.25) is 14.7 Å². The molecule has 1 amide bonds. The quantitative estimate of drug-likeness (QED) is 0.393. The lowest BCUT2D eigenvalue weighted by atomic mass is 10.1.